The molecule has 0 saturated carbocycles. The van der Waals surface area contributed by atoms with Crippen LogP contribution in [0.15, 0.2) is 6.07 Å². The second-order valence-electron chi connectivity index (χ2n) is 5.47. The van der Waals surface area contributed by atoms with Gasteiger partial charge >= 0.3 is 0 Å². The Kier molecular flexibility index (Phi) is 8.22. The lowest BCUT2D eigenvalue weighted by Gasteiger charge is -2.17. The third-order valence-corrected chi connectivity index (χ3v) is 3.87. The lowest BCUT2D eigenvalue weighted by molar-refractivity contribution is -0.118. The maximum Gasteiger partial charge on any atom is 0.229 e. The quantitative estimate of drug-likeness (QED) is 0.337. The summed E-state index contributed by atoms with van der Waals surface area (Å²) in [6.07, 6.45) is -0.663. The molecule has 1 aromatic rings. The first-order valence-corrected chi connectivity index (χ1v) is 8.19. The summed E-state index contributed by atoms with van der Waals surface area (Å²) < 4.78 is 5.65. The fourth-order valence-corrected chi connectivity index (χ4v) is 2.15. The monoisotopic (exact) mass is 342 g/mol. The highest BCUT2D eigenvalue weighted by atomic mass is 32.1. The van der Waals surface area contributed by atoms with Crippen LogP contribution in [0.4, 0.5) is 0 Å². The largest absolute Gasteiger partial charge is 0.507 e. The third-order valence-electron chi connectivity index (χ3n) is 3.59. The molecule has 0 aliphatic rings. The zero-order valence-electron chi connectivity index (χ0n) is 13.8. The molecule has 0 aromatic heterocycles. The van der Waals surface area contributed by atoms with Crippen LogP contribution in [0.3, 0.4) is 0 Å². The lowest BCUT2D eigenvalue weighted by Crippen LogP contribution is -2.37. The Balaban J connectivity index is 2.34. The minimum Gasteiger partial charge on any atom is -0.507 e. The first-order valence-electron chi connectivity index (χ1n) is 7.55. The van der Waals surface area contributed by atoms with Crippen LogP contribution in [-0.2, 0) is 4.79 Å². The average Bonchev–Trinajstić information content (AvgIpc) is 2.54. The summed E-state index contributed by atoms with van der Waals surface area (Å²) in [5.74, 6) is 0.993. The highest BCUT2D eigenvalue weighted by Crippen LogP contribution is 2.31. The van der Waals surface area contributed by atoms with E-state index in [0.717, 1.165) is 16.7 Å². The van der Waals surface area contributed by atoms with Gasteiger partial charge in [-0.3, -0.25) is 4.79 Å². The second-order valence-corrected chi connectivity index (χ2v) is 5.78. The standard InChI is InChI=1S/C16H26N2O4S/c1-10-6-14(11(2)12(3)16(10)21)22-8-13(19)7-17-4-5-18-15(20)9-23/h6,13,17,19,21,23H,4-5,7-9H2,1-3H3,(H,18,20). The summed E-state index contributed by atoms with van der Waals surface area (Å²) in [6.45, 7) is 7.09. The van der Waals surface area contributed by atoms with Gasteiger partial charge in [0, 0.05) is 19.6 Å². The predicted molar refractivity (Wildman–Crippen MR) is 93.6 cm³/mol. The van der Waals surface area contributed by atoms with Crippen LogP contribution < -0.4 is 15.4 Å². The molecule has 130 valence electrons. The van der Waals surface area contributed by atoms with Gasteiger partial charge in [-0.15, -0.1) is 0 Å². The molecule has 1 rings (SSSR count). The molecule has 7 heteroatoms. The predicted octanol–water partition coefficient (Wildman–Crippen LogP) is 0.693. The molecular weight excluding hydrogens is 316 g/mol. The van der Waals surface area contributed by atoms with Crippen molar-refractivity contribution in [2.45, 2.75) is 26.9 Å². The van der Waals surface area contributed by atoms with Crippen molar-refractivity contribution < 1.29 is 19.7 Å². The van der Waals surface area contributed by atoms with Crippen molar-refractivity contribution in [2.75, 3.05) is 32.0 Å². The highest BCUT2D eigenvalue weighted by molar-refractivity contribution is 7.81. The SMILES string of the molecule is Cc1cc(OCC(O)CNCCNC(=O)CS)c(C)c(C)c1O. The van der Waals surface area contributed by atoms with Gasteiger partial charge in [0.15, 0.2) is 0 Å². The molecular formula is C16H26N2O4S. The number of thiol groups is 1. The summed E-state index contributed by atoms with van der Waals surface area (Å²) in [5.41, 5.74) is 2.39. The zero-order valence-corrected chi connectivity index (χ0v) is 14.7. The Hall–Kier alpha value is -1.44. The topological polar surface area (TPSA) is 90.8 Å². The number of ether oxygens (including phenoxy) is 1. The molecule has 4 N–H and O–H groups in total. The van der Waals surface area contributed by atoms with Gasteiger partial charge in [0.1, 0.15) is 24.2 Å². The van der Waals surface area contributed by atoms with Crippen LogP contribution in [0.5, 0.6) is 11.5 Å². The van der Waals surface area contributed by atoms with Crippen LogP contribution in [0.2, 0.25) is 0 Å². The third kappa shape index (κ3) is 6.29. The normalized spacial score (nSPS) is 12.0. The second kappa shape index (κ2) is 9.64. The van der Waals surface area contributed by atoms with Crippen molar-refractivity contribution >= 4 is 18.5 Å². The van der Waals surface area contributed by atoms with E-state index in [0.29, 0.717) is 25.4 Å². The van der Waals surface area contributed by atoms with Gasteiger partial charge in [0.05, 0.1) is 5.75 Å². The molecule has 0 aliphatic heterocycles. The first kappa shape index (κ1) is 19.6. The van der Waals surface area contributed by atoms with Gasteiger partial charge in [0.2, 0.25) is 5.91 Å². The van der Waals surface area contributed by atoms with Crippen molar-refractivity contribution in [3.8, 4) is 11.5 Å². The Bertz CT molecular complexity index is 537. The van der Waals surface area contributed by atoms with Gasteiger partial charge in [-0.1, -0.05) is 0 Å². The molecule has 0 spiro atoms. The summed E-state index contributed by atoms with van der Waals surface area (Å²) in [5, 5.41) is 25.5. The number of rotatable bonds is 9. The van der Waals surface area contributed by atoms with E-state index in [2.05, 4.69) is 23.3 Å². The Labute approximate surface area is 142 Å². The van der Waals surface area contributed by atoms with Gasteiger partial charge < -0.3 is 25.6 Å². The van der Waals surface area contributed by atoms with E-state index in [9.17, 15) is 15.0 Å². The van der Waals surface area contributed by atoms with Crippen molar-refractivity contribution in [2.24, 2.45) is 0 Å². The fourth-order valence-electron chi connectivity index (χ4n) is 2.04. The zero-order chi connectivity index (χ0) is 17.4. The number of nitrogens with one attached hydrogen (secondary N) is 2. The van der Waals surface area contributed by atoms with Gasteiger partial charge in [0.25, 0.3) is 0 Å². The molecule has 1 aromatic carbocycles. The van der Waals surface area contributed by atoms with E-state index >= 15 is 0 Å². The molecule has 0 aliphatic carbocycles. The van der Waals surface area contributed by atoms with E-state index in [-0.39, 0.29) is 24.0 Å². The van der Waals surface area contributed by atoms with Crippen molar-refractivity contribution in [3.63, 3.8) is 0 Å². The van der Waals surface area contributed by atoms with Crippen molar-refractivity contribution in [3.05, 3.63) is 22.8 Å². The smallest absolute Gasteiger partial charge is 0.229 e. The molecule has 0 radical (unpaired) electrons. The van der Waals surface area contributed by atoms with E-state index in [4.69, 9.17) is 4.74 Å². The number of amides is 1. The number of phenols is 1. The molecule has 1 unspecified atom stereocenters. The maximum atomic E-state index is 11.0. The first-order chi connectivity index (χ1) is 10.9. The molecule has 0 bridgehead atoms. The van der Waals surface area contributed by atoms with Gasteiger partial charge in [-0.25, -0.2) is 0 Å². The maximum absolute atomic E-state index is 11.0. The fraction of sp³-hybridized carbons (Fsp3) is 0.562. The number of benzene rings is 1. The molecule has 1 amide bonds. The summed E-state index contributed by atoms with van der Waals surface area (Å²) in [4.78, 5) is 11.0. The van der Waals surface area contributed by atoms with Crippen LogP contribution in [0.1, 0.15) is 16.7 Å². The summed E-state index contributed by atoms with van der Waals surface area (Å²) in [6, 6.07) is 1.77. The Morgan fingerprint density at radius 2 is 2.00 bits per heavy atom. The average molecular weight is 342 g/mol. The van der Waals surface area contributed by atoms with E-state index in [1.165, 1.54) is 0 Å². The number of hydrogen-bond donors (Lipinski definition) is 5. The number of carbonyl (C=O) groups is 1. The van der Waals surface area contributed by atoms with E-state index < -0.39 is 6.10 Å². The van der Waals surface area contributed by atoms with Gasteiger partial charge in [-0.2, -0.15) is 12.6 Å². The van der Waals surface area contributed by atoms with Crippen molar-refractivity contribution in [1.29, 1.82) is 0 Å². The molecule has 0 fully saturated rings. The van der Waals surface area contributed by atoms with Crippen LogP contribution >= 0.6 is 12.6 Å². The molecule has 1 atom stereocenters. The molecule has 6 nitrogen and oxygen atoms in total. The number of phenolic OH excluding ortho intramolecular Hbond substituents is 1. The van der Waals surface area contributed by atoms with Crippen LogP contribution in [-0.4, -0.2) is 54.2 Å². The summed E-state index contributed by atoms with van der Waals surface area (Å²) in [7, 11) is 0. The van der Waals surface area contributed by atoms with Crippen LogP contribution in [0, 0.1) is 20.8 Å². The highest BCUT2D eigenvalue weighted by Gasteiger charge is 2.12. The Morgan fingerprint density at radius 1 is 1.30 bits per heavy atom. The number of aliphatic hydroxyl groups is 1. The molecule has 23 heavy (non-hydrogen) atoms. The minimum absolute atomic E-state index is 0.118. The lowest BCUT2D eigenvalue weighted by atomic mass is 10.0. The van der Waals surface area contributed by atoms with Crippen molar-refractivity contribution in [1.82, 2.24) is 10.6 Å². The van der Waals surface area contributed by atoms with E-state index in [1.807, 2.05) is 20.8 Å². The number of aromatic hydroxyl groups is 1. The molecule has 0 saturated heterocycles. The minimum atomic E-state index is -0.663. The Morgan fingerprint density at radius 3 is 2.65 bits per heavy atom. The number of aryl methyl sites for hydroxylation is 1. The number of carbonyl (C=O) groups excluding carboxylic acids is 1. The van der Waals surface area contributed by atoms with Crippen LogP contribution in [0.25, 0.3) is 0 Å². The van der Waals surface area contributed by atoms with E-state index in [1.54, 1.807) is 6.07 Å². The number of aliphatic hydroxyl groups excluding tert-OH is 1. The summed E-state index contributed by atoms with van der Waals surface area (Å²) >= 11 is 3.86. The number of hydrogen-bond acceptors (Lipinski definition) is 6. The molecule has 0 heterocycles. The van der Waals surface area contributed by atoms with Gasteiger partial charge in [-0.05, 0) is 43.5 Å².